The van der Waals surface area contributed by atoms with Crippen LogP contribution in [0.3, 0.4) is 0 Å². The molecule has 0 rings (SSSR count). The van der Waals surface area contributed by atoms with Crippen molar-refractivity contribution in [2.75, 3.05) is 0 Å². The van der Waals surface area contributed by atoms with E-state index in [-0.39, 0.29) is 0 Å². The van der Waals surface area contributed by atoms with Gasteiger partial charge in [0, 0.05) is 6.42 Å². The maximum atomic E-state index is 10.3. The number of carboxylic acid groups (broad SMARTS) is 1. The van der Waals surface area contributed by atoms with Crippen molar-refractivity contribution in [2.45, 2.75) is 96.8 Å². The molecule has 0 heterocycles. The van der Waals surface area contributed by atoms with Crippen LogP contribution in [0.4, 0.5) is 0 Å². The molecule has 0 saturated carbocycles. The van der Waals surface area contributed by atoms with Gasteiger partial charge in [-0.25, -0.2) is 0 Å². The molecule has 0 unspecified atom stereocenters. The van der Waals surface area contributed by atoms with Crippen LogP contribution in [0.25, 0.3) is 0 Å². The van der Waals surface area contributed by atoms with Crippen LogP contribution in [-0.4, -0.2) is 15.0 Å². The standard InChI is InChI=1S/C16H32O2.H2O.Zn/c1-2-3-4-5-6-7-8-9-10-11-12-13-14-15-16(17)18;;/h2-15H2,1H3,(H,17,18);1H2;/q;;+1/p-1. The fourth-order valence-electron chi connectivity index (χ4n) is 2.29. The monoisotopic (exact) mass is 337 g/mol. The summed E-state index contributed by atoms with van der Waals surface area (Å²) in [6.45, 7) is 2.26. The van der Waals surface area contributed by atoms with Crippen LogP contribution < -0.4 is 0 Å². The fraction of sp³-hybridized carbons (Fsp3) is 0.938. The van der Waals surface area contributed by atoms with Gasteiger partial charge < -0.3 is 5.11 Å². The van der Waals surface area contributed by atoms with Gasteiger partial charge in [-0.15, -0.1) is 0 Å². The minimum absolute atomic E-state index is 0.345. The molecule has 117 valence electrons. The number of carbonyl (C=O) groups is 1. The Balaban J connectivity index is 0. The van der Waals surface area contributed by atoms with Gasteiger partial charge in [0.05, 0.1) is 0 Å². The fourth-order valence-corrected chi connectivity index (χ4v) is 2.29. The van der Waals surface area contributed by atoms with E-state index in [2.05, 4.69) is 6.92 Å². The first-order valence-corrected chi connectivity index (χ1v) is 9.63. The van der Waals surface area contributed by atoms with Gasteiger partial charge in [-0.1, -0.05) is 84.0 Å². The number of rotatable bonds is 14. The summed E-state index contributed by atoms with van der Waals surface area (Å²) < 4.78 is 7.12. The van der Waals surface area contributed by atoms with Crippen LogP contribution in [0.2, 0.25) is 0 Å². The summed E-state index contributed by atoms with van der Waals surface area (Å²) in [6, 6.07) is 0. The number of hydrogen-bond donors (Lipinski definition) is 2. The summed E-state index contributed by atoms with van der Waals surface area (Å²) in [5.74, 6) is -0.655. The van der Waals surface area contributed by atoms with E-state index < -0.39 is 5.97 Å². The third kappa shape index (κ3) is 23.2. The number of hydrogen-bond acceptors (Lipinski definition) is 2. The summed E-state index contributed by atoms with van der Waals surface area (Å²) in [4.78, 5) is 10.3. The molecule has 0 aliphatic heterocycles. The van der Waals surface area contributed by atoms with Crippen molar-refractivity contribution < 1.29 is 32.5 Å². The molecule has 0 radical (unpaired) electrons. The first kappa shape index (κ1) is 22.3. The van der Waals surface area contributed by atoms with Crippen molar-refractivity contribution in [3.8, 4) is 0 Å². The van der Waals surface area contributed by atoms with Crippen molar-refractivity contribution >= 4 is 5.97 Å². The molecule has 0 saturated heterocycles. The van der Waals surface area contributed by atoms with E-state index in [0.717, 1.165) is 12.8 Å². The molecule has 0 bridgehead atoms. The molecule has 2 N–H and O–H groups in total. The quantitative estimate of drug-likeness (QED) is 0.346. The maximum absolute atomic E-state index is 10.3. The molecule has 0 aromatic rings. The Morgan fingerprint density at radius 3 is 1.30 bits per heavy atom. The van der Waals surface area contributed by atoms with E-state index in [9.17, 15) is 4.79 Å². The van der Waals surface area contributed by atoms with E-state index >= 15 is 0 Å². The van der Waals surface area contributed by atoms with Gasteiger partial charge in [0.25, 0.3) is 0 Å². The number of aliphatic carboxylic acids is 1. The van der Waals surface area contributed by atoms with Gasteiger partial charge in [0.2, 0.25) is 0 Å². The van der Waals surface area contributed by atoms with Crippen LogP contribution >= 0.6 is 0 Å². The minimum atomic E-state index is -0.655. The molecule has 0 amide bonds. The van der Waals surface area contributed by atoms with Gasteiger partial charge in [0.1, 0.15) is 0 Å². The van der Waals surface area contributed by atoms with Gasteiger partial charge in [-0.2, -0.15) is 0 Å². The molecule has 20 heavy (non-hydrogen) atoms. The SMILES string of the molecule is CCCCCCCCCCCCCCCC(=O)O.[OH][Zn]. The zero-order valence-electron chi connectivity index (χ0n) is 13.4. The summed E-state index contributed by atoms with van der Waals surface area (Å²) in [5.41, 5.74) is 0. The average Bonchev–Trinajstić information content (AvgIpc) is 2.46. The molecule has 4 heteroatoms. The van der Waals surface area contributed by atoms with Gasteiger partial charge in [-0.3, -0.25) is 4.79 Å². The molecular weight excluding hydrogens is 306 g/mol. The second kappa shape index (κ2) is 21.4. The van der Waals surface area contributed by atoms with E-state index in [1.165, 1.54) is 70.6 Å². The number of unbranched alkanes of at least 4 members (excludes halogenated alkanes) is 12. The van der Waals surface area contributed by atoms with Crippen molar-refractivity contribution in [3.05, 3.63) is 0 Å². The molecule has 0 aromatic carbocycles. The average molecular weight is 339 g/mol. The van der Waals surface area contributed by atoms with Crippen molar-refractivity contribution in [1.29, 1.82) is 0 Å². The summed E-state index contributed by atoms with van der Waals surface area (Å²) in [5, 5.41) is 8.49. The first-order chi connectivity index (χ1) is 9.77. The third-order valence-corrected chi connectivity index (χ3v) is 3.49. The van der Waals surface area contributed by atoms with Gasteiger partial charge in [-0.05, 0) is 6.42 Å². The predicted octanol–water partition coefficient (Wildman–Crippen LogP) is 4.99. The second-order valence-electron chi connectivity index (χ2n) is 5.39. The van der Waals surface area contributed by atoms with Crippen LogP contribution in [-0.2, 0) is 23.5 Å². The molecule has 0 atom stereocenters. The molecule has 0 fully saturated rings. The molecule has 0 aliphatic carbocycles. The van der Waals surface area contributed by atoms with Crippen molar-refractivity contribution in [2.24, 2.45) is 0 Å². The van der Waals surface area contributed by atoms with Crippen LogP contribution in [0.1, 0.15) is 96.8 Å². The normalized spacial score (nSPS) is 10.0. The topological polar surface area (TPSA) is 57.5 Å². The first-order valence-electron chi connectivity index (χ1n) is 8.30. The van der Waals surface area contributed by atoms with E-state index in [0.29, 0.717) is 25.1 Å². The number of carboxylic acids is 1. The summed E-state index contributed by atoms with van der Waals surface area (Å²) >= 11 is 0.375. The van der Waals surface area contributed by atoms with Gasteiger partial charge >= 0.3 is 28.6 Å². The van der Waals surface area contributed by atoms with E-state index in [1.807, 2.05) is 0 Å². The summed E-state index contributed by atoms with van der Waals surface area (Å²) in [6.07, 6.45) is 17.3. The Kier molecular flexibility index (Phi) is 23.8. The molecule has 0 aliphatic rings. The van der Waals surface area contributed by atoms with Gasteiger partial charge in [0.15, 0.2) is 0 Å². The molecule has 0 aromatic heterocycles. The third-order valence-electron chi connectivity index (χ3n) is 3.49. The Hall–Kier alpha value is 0.0534. The Bertz CT molecular complexity index is 187. The van der Waals surface area contributed by atoms with Crippen LogP contribution in [0.15, 0.2) is 0 Å². The van der Waals surface area contributed by atoms with E-state index in [1.54, 1.807) is 0 Å². The Morgan fingerprint density at radius 1 is 0.700 bits per heavy atom. The Labute approximate surface area is 135 Å². The zero-order valence-corrected chi connectivity index (χ0v) is 16.4. The van der Waals surface area contributed by atoms with Crippen molar-refractivity contribution in [3.63, 3.8) is 0 Å². The second-order valence-corrected chi connectivity index (χ2v) is 5.39. The van der Waals surface area contributed by atoms with Crippen LogP contribution in [0.5, 0.6) is 0 Å². The molecular formula is C16H33O3Zn. The van der Waals surface area contributed by atoms with Crippen molar-refractivity contribution in [1.82, 2.24) is 0 Å². The Morgan fingerprint density at radius 2 is 1.00 bits per heavy atom. The predicted molar refractivity (Wildman–Crippen MR) is 80.2 cm³/mol. The molecule has 3 nitrogen and oxygen atoms in total. The zero-order chi connectivity index (χ0) is 15.5. The summed E-state index contributed by atoms with van der Waals surface area (Å²) in [7, 11) is 0. The van der Waals surface area contributed by atoms with Crippen LogP contribution in [0, 0.1) is 0 Å². The van der Waals surface area contributed by atoms with E-state index in [4.69, 9.17) is 9.04 Å². The molecule has 0 spiro atoms.